The Morgan fingerprint density at radius 3 is 2.80 bits per heavy atom. The van der Waals surface area contributed by atoms with Crippen molar-refractivity contribution in [1.82, 2.24) is 10.2 Å². The normalized spacial score (nSPS) is 16.1. The second-order valence-corrected chi connectivity index (χ2v) is 4.66. The average molecular weight is 220 g/mol. The van der Waals surface area contributed by atoms with Gasteiger partial charge in [-0.25, -0.2) is 0 Å². The molecular weight excluding hydrogens is 208 g/mol. The van der Waals surface area contributed by atoms with Gasteiger partial charge in [-0.3, -0.25) is 0 Å². The van der Waals surface area contributed by atoms with E-state index in [4.69, 9.17) is 5.26 Å². The molecule has 0 saturated carbocycles. The van der Waals surface area contributed by atoms with Gasteiger partial charge in [0.1, 0.15) is 6.07 Å². The number of hydrogen-bond acceptors (Lipinski definition) is 5. The van der Waals surface area contributed by atoms with Gasteiger partial charge in [-0.15, -0.1) is 5.10 Å². The molecule has 1 aliphatic rings. The van der Waals surface area contributed by atoms with Gasteiger partial charge < -0.3 is 4.90 Å². The molecule has 1 aliphatic heterocycles. The van der Waals surface area contributed by atoms with Crippen molar-refractivity contribution in [3.63, 3.8) is 0 Å². The van der Waals surface area contributed by atoms with Crippen LogP contribution in [0.15, 0.2) is 6.07 Å². The van der Waals surface area contributed by atoms with E-state index in [-0.39, 0.29) is 0 Å². The summed E-state index contributed by atoms with van der Waals surface area (Å²) >= 11 is 1.94. The summed E-state index contributed by atoms with van der Waals surface area (Å²) in [6, 6.07) is 3.98. The standard InChI is InChI=1S/C10H12N4S/c1-8-6-9(7-11)10(13-12-8)14-2-4-15-5-3-14/h6H,2-5H2,1H3. The smallest absolute Gasteiger partial charge is 0.169 e. The van der Waals surface area contributed by atoms with Crippen LogP contribution in [0.1, 0.15) is 11.3 Å². The molecule has 1 aromatic rings. The minimum Gasteiger partial charge on any atom is -0.352 e. The molecule has 2 heterocycles. The summed E-state index contributed by atoms with van der Waals surface area (Å²) in [5, 5.41) is 17.2. The maximum Gasteiger partial charge on any atom is 0.169 e. The average Bonchev–Trinajstić information content (AvgIpc) is 2.30. The Morgan fingerprint density at radius 2 is 2.13 bits per heavy atom. The number of aromatic nitrogens is 2. The van der Waals surface area contributed by atoms with E-state index < -0.39 is 0 Å². The number of rotatable bonds is 1. The van der Waals surface area contributed by atoms with Crippen molar-refractivity contribution < 1.29 is 0 Å². The van der Waals surface area contributed by atoms with Crippen LogP contribution < -0.4 is 4.90 Å². The molecule has 0 aromatic carbocycles. The third-order valence-corrected chi connectivity index (χ3v) is 3.27. The van der Waals surface area contributed by atoms with Gasteiger partial charge in [-0.05, 0) is 13.0 Å². The van der Waals surface area contributed by atoms with Crippen molar-refractivity contribution in [2.45, 2.75) is 6.92 Å². The predicted molar refractivity (Wildman–Crippen MR) is 61.0 cm³/mol. The SMILES string of the molecule is Cc1cc(C#N)c(N2CCSCC2)nn1. The highest BCUT2D eigenvalue weighted by atomic mass is 32.2. The third-order valence-electron chi connectivity index (χ3n) is 2.33. The van der Waals surface area contributed by atoms with E-state index in [1.165, 1.54) is 0 Å². The zero-order valence-electron chi connectivity index (χ0n) is 8.60. The summed E-state index contributed by atoms with van der Waals surface area (Å²) in [6.45, 7) is 3.76. The minimum absolute atomic E-state index is 0.634. The molecule has 15 heavy (non-hydrogen) atoms. The van der Waals surface area contributed by atoms with Crippen LogP contribution in [0.4, 0.5) is 5.82 Å². The van der Waals surface area contributed by atoms with Crippen LogP contribution in [0.3, 0.4) is 0 Å². The van der Waals surface area contributed by atoms with Crippen molar-refractivity contribution in [2.24, 2.45) is 0 Å². The van der Waals surface area contributed by atoms with Crippen molar-refractivity contribution >= 4 is 17.6 Å². The third kappa shape index (κ3) is 2.21. The molecule has 4 nitrogen and oxygen atoms in total. The molecule has 0 radical (unpaired) electrons. The highest BCUT2D eigenvalue weighted by Crippen LogP contribution is 2.20. The fraction of sp³-hybridized carbons (Fsp3) is 0.500. The van der Waals surface area contributed by atoms with Crippen LogP contribution in [0.2, 0.25) is 0 Å². The van der Waals surface area contributed by atoms with Crippen LogP contribution in [0.5, 0.6) is 0 Å². The van der Waals surface area contributed by atoms with Gasteiger partial charge in [-0.2, -0.15) is 22.1 Å². The fourth-order valence-corrected chi connectivity index (χ4v) is 2.48. The summed E-state index contributed by atoms with van der Waals surface area (Å²) in [7, 11) is 0. The maximum atomic E-state index is 9.02. The molecule has 0 spiro atoms. The number of nitrogens with zero attached hydrogens (tertiary/aromatic N) is 4. The van der Waals surface area contributed by atoms with E-state index in [1.54, 1.807) is 6.07 Å². The molecule has 0 amide bonds. The molecule has 1 saturated heterocycles. The Bertz CT molecular complexity index is 393. The molecule has 78 valence electrons. The second kappa shape index (κ2) is 4.49. The van der Waals surface area contributed by atoms with Crippen LogP contribution in [-0.2, 0) is 0 Å². The number of hydrogen-bond donors (Lipinski definition) is 0. The first-order valence-corrected chi connectivity index (χ1v) is 6.04. The second-order valence-electron chi connectivity index (χ2n) is 3.43. The molecule has 0 N–H and O–H groups in total. The van der Waals surface area contributed by atoms with Gasteiger partial charge >= 0.3 is 0 Å². The first kappa shape index (κ1) is 10.2. The predicted octanol–water partition coefficient (Wildman–Crippen LogP) is 1.21. The molecule has 2 rings (SSSR count). The quantitative estimate of drug-likeness (QED) is 0.712. The lowest BCUT2D eigenvalue weighted by molar-refractivity contribution is 0.810. The Morgan fingerprint density at radius 1 is 1.40 bits per heavy atom. The summed E-state index contributed by atoms with van der Waals surface area (Å²) < 4.78 is 0. The topological polar surface area (TPSA) is 52.8 Å². The Kier molecular flexibility index (Phi) is 3.07. The Labute approximate surface area is 93.3 Å². The summed E-state index contributed by atoms with van der Waals surface area (Å²) in [5.41, 5.74) is 1.43. The number of aryl methyl sites for hydroxylation is 1. The molecule has 0 unspecified atom stereocenters. The maximum absolute atomic E-state index is 9.02. The molecule has 1 fully saturated rings. The Balaban J connectivity index is 2.30. The van der Waals surface area contributed by atoms with Crippen molar-refractivity contribution in [3.8, 4) is 6.07 Å². The van der Waals surface area contributed by atoms with Crippen molar-refractivity contribution in [1.29, 1.82) is 5.26 Å². The van der Waals surface area contributed by atoms with Crippen molar-refractivity contribution in [3.05, 3.63) is 17.3 Å². The van der Waals surface area contributed by atoms with Gasteiger partial charge in [0.05, 0.1) is 11.3 Å². The summed E-state index contributed by atoms with van der Waals surface area (Å²) in [5.74, 6) is 2.93. The number of thioether (sulfide) groups is 1. The lowest BCUT2D eigenvalue weighted by Gasteiger charge is -2.27. The zero-order chi connectivity index (χ0) is 10.7. The van der Waals surface area contributed by atoms with Gasteiger partial charge in [0.15, 0.2) is 5.82 Å². The minimum atomic E-state index is 0.634. The first-order valence-electron chi connectivity index (χ1n) is 4.88. The highest BCUT2D eigenvalue weighted by molar-refractivity contribution is 7.99. The molecule has 0 atom stereocenters. The zero-order valence-corrected chi connectivity index (χ0v) is 9.42. The van der Waals surface area contributed by atoms with Crippen molar-refractivity contribution in [2.75, 3.05) is 29.5 Å². The van der Waals surface area contributed by atoms with E-state index in [9.17, 15) is 0 Å². The van der Waals surface area contributed by atoms with Crippen LogP contribution >= 0.6 is 11.8 Å². The van der Waals surface area contributed by atoms with Gasteiger partial charge in [0.2, 0.25) is 0 Å². The molecular formula is C10H12N4S. The largest absolute Gasteiger partial charge is 0.352 e. The summed E-state index contributed by atoms with van der Waals surface area (Å²) in [6.07, 6.45) is 0. The fourth-order valence-electron chi connectivity index (χ4n) is 1.57. The van der Waals surface area contributed by atoms with Gasteiger partial charge in [0.25, 0.3) is 0 Å². The van der Waals surface area contributed by atoms with E-state index in [1.807, 2.05) is 18.7 Å². The lowest BCUT2D eigenvalue weighted by Crippen LogP contribution is -2.34. The van der Waals surface area contributed by atoms with Gasteiger partial charge in [-0.1, -0.05) is 0 Å². The van der Waals surface area contributed by atoms with E-state index in [2.05, 4.69) is 21.2 Å². The van der Waals surface area contributed by atoms with Gasteiger partial charge in [0, 0.05) is 24.6 Å². The lowest BCUT2D eigenvalue weighted by atomic mass is 10.2. The van der Waals surface area contributed by atoms with E-state index in [0.717, 1.165) is 36.1 Å². The van der Waals surface area contributed by atoms with E-state index >= 15 is 0 Å². The molecule has 0 aliphatic carbocycles. The summed E-state index contributed by atoms with van der Waals surface area (Å²) in [4.78, 5) is 2.14. The van der Waals surface area contributed by atoms with Crippen LogP contribution in [-0.4, -0.2) is 34.8 Å². The van der Waals surface area contributed by atoms with E-state index in [0.29, 0.717) is 5.56 Å². The van der Waals surface area contributed by atoms with Crippen LogP contribution in [0.25, 0.3) is 0 Å². The molecule has 5 heteroatoms. The Hall–Kier alpha value is -1.28. The number of nitriles is 1. The highest BCUT2D eigenvalue weighted by Gasteiger charge is 2.16. The molecule has 1 aromatic heterocycles. The molecule has 0 bridgehead atoms. The van der Waals surface area contributed by atoms with Crippen LogP contribution in [0, 0.1) is 18.3 Å². The first-order chi connectivity index (χ1) is 7.31. The number of anilines is 1. The monoisotopic (exact) mass is 220 g/mol.